The van der Waals surface area contributed by atoms with Crippen molar-refractivity contribution in [3.05, 3.63) is 21.4 Å². The van der Waals surface area contributed by atoms with Crippen LogP contribution in [0.2, 0.25) is 0 Å². The van der Waals surface area contributed by atoms with Crippen molar-refractivity contribution in [1.29, 1.82) is 0 Å². The predicted molar refractivity (Wildman–Crippen MR) is 92.8 cm³/mol. The van der Waals surface area contributed by atoms with Crippen LogP contribution in [0.15, 0.2) is 6.07 Å². The fourth-order valence-electron chi connectivity index (χ4n) is 3.87. The maximum absolute atomic E-state index is 12.7. The molecule has 1 saturated heterocycles. The van der Waals surface area contributed by atoms with Crippen molar-refractivity contribution in [3.63, 3.8) is 0 Å². The van der Waals surface area contributed by atoms with Gasteiger partial charge in [-0.3, -0.25) is 9.69 Å². The molecule has 1 aromatic heterocycles. The van der Waals surface area contributed by atoms with Crippen molar-refractivity contribution >= 4 is 17.2 Å². The number of amides is 1. The van der Waals surface area contributed by atoms with E-state index in [9.17, 15) is 4.79 Å². The maximum atomic E-state index is 12.7. The van der Waals surface area contributed by atoms with E-state index in [-0.39, 0.29) is 5.91 Å². The van der Waals surface area contributed by atoms with Crippen LogP contribution < -0.4 is 0 Å². The van der Waals surface area contributed by atoms with Gasteiger partial charge in [0.15, 0.2) is 0 Å². The minimum absolute atomic E-state index is 0.246. The molecule has 0 spiro atoms. The molecule has 2 aliphatic rings. The smallest absolute Gasteiger partial charge is 0.264 e. The van der Waals surface area contributed by atoms with Crippen LogP contribution >= 0.6 is 11.3 Å². The molecule has 0 aromatic carbocycles. The normalized spacial score (nSPS) is 21.3. The molecule has 0 unspecified atom stereocenters. The summed E-state index contributed by atoms with van der Waals surface area (Å²) in [5, 5.41) is 0. The summed E-state index contributed by atoms with van der Waals surface area (Å²) in [6.45, 7) is 8.19. The van der Waals surface area contributed by atoms with Gasteiger partial charge in [-0.05, 0) is 37.8 Å². The lowest BCUT2D eigenvalue weighted by molar-refractivity contribution is 0.0527. The Morgan fingerprint density at radius 2 is 1.86 bits per heavy atom. The molecule has 0 bridgehead atoms. The number of hydrogen-bond acceptors (Lipinski definition) is 3. The highest BCUT2D eigenvalue weighted by Crippen LogP contribution is 2.26. The van der Waals surface area contributed by atoms with Gasteiger partial charge >= 0.3 is 0 Å². The first-order valence-corrected chi connectivity index (χ1v) is 9.63. The summed E-state index contributed by atoms with van der Waals surface area (Å²) in [6, 6.07) is 2.86. The first-order valence-electron chi connectivity index (χ1n) is 8.81. The molecule has 122 valence electrons. The van der Waals surface area contributed by atoms with Crippen molar-refractivity contribution in [3.8, 4) is 0 Å². The van der Waals surface area contributed by atoms with Gasteiger partial charge < -0.3 is 4.90 Å². The largest absolute Gasteiger partial charge is 0.335 e. The van der Waals surface area contributed by atoms with E-state index in [2.05, 4.69) is 29.7 Å². The highest BCUT2D eigenvalue weighted by atomic mass is 32.1. The summed E-state index contributed by atoms with van der Waals surface area (Å²) in [5.41, 5.74) is 1.27. The van der Waals surface area contributed by atoms with Crippen molar-refractivity contribution in [2.75, 3.05) is 26.2 Å². The van der Waals surface area contributed by atoms with Crippen LogP contribution in [-0.2, 0) is 6.42 Å². The van der Waals surface area contributed by atoms with Crippen molar-refractivity contribution in [2.24, 2.45) is 0 Å². The molecule has 1 amide bonds. The van der Waals surface area contributed by atoms with E-state index in [0.29, 0.717) is 0 Å². The lowest BCUT2D eigenvalue weighted by Gasteiger charge is -2.40. The standard InChI is InChI=1S/C18H28N2OS/c1-3-16-14(2)13-17(22-16)18(21)20-11-9-19(10-12-20)15-7-5-4-6-8-15/h13,15H,3-12H2,1-2H3. The molecule has 0 radical (unpaired) electrons. The summed E-state index contributed by atoms with van der Waals surface area (Å²) in [6.07, 6.45) is 7.93. The van der Waals surface area contributed by atoms with Gasteiger partial charge in [0, 0.05) is 37.1 Å². The topological polar surface area (TPSA) is 23.6 Å². The second-order valence-corrected chi connectivity index (χ2v) is 7.83. The van der Waals surface area contributed by atoms with E-state index in [4.69, 9.17) is 0 Å². The maximum Gasteiger partial charge on any atom is 0.264 e. The molecule has 22 heavy (non-hydrogen) atoms. The van der Waals surface area contributed by atoms with Crippen molar-refractivity contribution in [1.82, 2.24) is 9.80 Å². The lowest BCUT2D eigenvalue weighted by atomic mass is 9.94. The van der Waals surface area contributed by atoms with Crippen LogP contribution in [0.3, 0.4) is 0 Å². The van der Waals surface area contributed by atoms with Gasteiger partial charge in [0.05, 0.1) is 4.88 Å². The van der Waals surface area contributed by atoms with Gasteiger partial charge in [-0.15, -0.1) is 11.3 Å². The lowest BCUT2D eigenvalue weighted by Crippen LogP contribution is -2.52. The monoisotopic (exact) mass is 320 g/mol. The third-order valence-electron chi connectivity index (χ3n) is 5.25. The number of rotatable bonds is 3. The summed E-state index contributed by atoms with van der Waals surface area (Å²) in [4.78, 5) is 19.6. The molecule has 2 fully saturated rings. The van der Waals surface area contributed by atoms with Crippen LogP contribution in [0.5, 0.6) is 0 Å². The SMILES string of the molecule is CCc1sc(C(=O)N2CCN(C3CCCCC3)CC2)cc1C. The van der Waals surface area contributed by atoms with E-state index in [1.165, 1.54) is 42.5 Å². The molecule has 0 atom stereocenters. The number of carbonyl (C=O) groups excluding carboxylic acids is 1. The molecule has 1 saturated carbocycles. The third kappa shape index (κ3) is 3.38. The zero-order chi connectivity index (χ0) is 15.5. The minimum Gasteiger partial charge on any atom is -0.335 e. The van der Waals surface area contributed by atoms with Gasteiger partial charge in [-0.25, -0.2) is 0 Å². The molecular formula is C18H28N2OS. The van der Waals surface area contributed by atoms with Crippen LogP contribution in [0.25, 0.3) is 0 Å². The van der Waals surface area contributed by atoms with Gasteiger partial charge in [-0.1, -0.05) is 26.2 Å². The Morgan fingerprint density at radius 3 is 2.45 bits per heavy atom. The highest BCUT2D eigenvalue weighted by molar-refractivity contribution is 7.14. The second-order valence-electron chi connectivity index (χ2n) is 6.69. The Labute approximate surface area is 138 Å². The summed E-state index contributed by atoms with van der Waals surface area (Å²) >= 11 is 1.69. The number of aryl methyl sites for hydroxylation is 2. The number of thiophene rings is 1. The van der Waals surface area contributed by atoms with E-state index in [1.54, 1.807) is 11.3 Å². The number of piperazine rings is 1. The average Bonchev–Trinajstić information content (AvgIpc) is 2.96. The Hall–Kier alpha value is -0.870. The Balaban J connectivity index is 1.57. The average molecular weight is 321 g/mol. The number of hydrogen-bond donors (Lipinski definition) is 0. The molecule has 3 nitrogen and oxygen atoms in total. The van der Waals surface area contributed by atoms with Crippen LogP contribution in [0, 0.1) is 6.92 Å². The van der Waals surface area contributed by atoms with Crippen LogP contribution in [0.4, 0.5) is 0 Å². The van der Waals surface area contributed by atoms with Gasteiger partial charge in [-0.2, -0.15) is 0 Å². The predicted octanol–water partition coefficient (Wildman–Crippen LogP) is 3.71. The van der Waals surface area contributed by atoms with Gasteiger partial charge in [0.2, 0.25) is 0 Å². The van der Waals surface area contributed by atoms with Crippen molar-refractivity contribution in [2.45, 2.75) is 58.4 Å². The first-order chi connectivity index (χ1) is 10.7. The summed E-state index contributed by atoms with van der Waals surface area (Å²) in [7, 11) is 0. The number of nitrogens with zero attached hydrogens (tertiary/aromatic N) is 2. The van der Waals surface area contributed by atoms with Crippen LogP contribution in [0.1, 0.15) is 59.1 Å². The molecule has 0 N–H and O–H groups in total. The highest BCUT2D eigenvalue weighted by Gasteiger charge is 2.28. The zero-order valence-corrected chi connectivity index (χ0v) is 14.8. The van der Waals surface area contributed by atoms with E-state index >= 15 is 0 Å². The molecule has 1 aliphatic carbocycles. The fourth-order valence-corrected chi connectivity index (χ4v) is 4.95. The molecule has 3 rings (SSSR count). The molecule has 2 heterocycles. The van der Waals surface area contributed by atoms with Crippen LogP contribution in [-0.4, -0.2) is 47.9 Å². The third-order valence-corrected chi connectivity index (χ3v) is 6.61. The Kier molecular flexibility index (Phi) is 5.19. The molecule has 1 aliphatic heterocycles. The van der Waals surface area contributed by atoms with Gasteiger partial charge in [0.25, 0.3) is 5.91 Å². The first kappa shape index (κ1) is 16.0. The minimum atomic E-state index is 0.246. The molecule has 4 heteroatoms. The number of carbonyl (C=O) groups is 1. The molecule has 1 aromatic rings. The second kappa shape index (κ2) is 7.14. The van der Waals surface area contributed by atoms with Gasteiger partial charge in [0.1, 0.15) is 0 Å². The van der Waals surface area contributed by atoms with E-state index in [0.717, 1.165) is 43.5 Å². The Bertz CT molecular complexity index is 511. The fraction of sp³-hybridized carbons (Fsp3) is 0.722. The van der Waals surface area contributed by atoms with E-state index < -0.39 is 0 Å². The zero-order valence-electron chi connectivity index (χ0n) is 13.9. The van der Waals surface area contributed by atoms with Crippen molar-refractivity contribution < 1.29 is 4.79 Å². The quantitative estimate of drug-likeness (QED) is 0.847. The Morgan fingerprint density at radius 1 is 1.18 bits per heavy atom. The van der Waals surface area contributed by atoms with E-state index in [1.807, 2.05) is 0 Å². The summed E-state index contributed by atoms with van der Waals surface area (Å²) < 4.78 is 0. The molecular weight excluding hydrogens is 292 g/mol. The summed E-state index contributed by atoms with van der Waals surface area (Å²) in [5.74, 6) is 0.246.